The summed E-state index contributed by atoms with van der Waals surface area (Å²) >= 11 is 0. The zero-order valence-corrected chi connectivity index (χ0v) is 17.1. The Balaban J connectivity index is 2.21. The van der Waals surface area contributed by atoms with E-state index in [9.17, 15) is 14.0 Å². The molecule has 2 aromatic carbocycles. The topological polar surface area (TPSA) is 73.2 Å². The highest BCUT2D eigenvalue weighted by Gasteiger charge is 2.24. The van der Waals surface area contributed by atoms with Crippen molar-refractivity contribution in [3.05, 3.63) is 70.0 Å². The predicted molar refractivity (Wildman–Crippen MR) is 110 cm³/mol. The zero-order valence-electron chi connectivity index (χ0n) is 17.1. The minimum atomic E-state index is -0.706. The molecule has 0 saturated carbocycles. The number of halogens is 1. The van der Waals surface area contributed by atoms with Gasteiger partial charge in [-0.25, -0.2) is 14.2 Å². The number of fused-ring (bicyclic) bond motifs is 1. The number of rotatable bonds is 3. The molecule has 1 heterocycles. The first-order valence-electron chi connectivity index (χ1n) is 9.35. The summed E-state index contributed by atoms with van der Waals surface area (Å²) in [6.07, 6.45) is -0.649. The Morgan fingerprint density at radius 2 is 1.83 bits per heavy atom. The standard InChI is InChI=1S/C22H24FN3O3/c1-13-11-12-16(23)18-17(13)20(27)26(15-9-7-6-8-10-15)19(25-18)14(2)24-21(28)29-22(3,4)5/h6-12,14H,1-5H3,(H,24,28). The van der Waals surface area contributed by atoms with E-state index in [2.05, 4.69) is 10.3 Å². The maximum Gasteiger partial charge on any atom is 0.408 e. The van der Waals surface area contributed by atoms with Crippen molar-refractivity contribution in [2.24, 2.45) is 0 Å². The fraction of sp³-hybridized carbons (Fsp3) is 0.318. The number of hydrogen-bond acceptors (Lipinski definition) is 4. The second-order valence-electron chi connectivity index (χ2n) is 7.90. The first-order chi connectivity index (χ1) is 13.6. The number of para-hydroxylation sites is 1. The lowest BCUT2D eigenvalue weighted by atomic mass is 10.1. The molecule has 152 valence electrons. The van der Waals surface area contributed by atoms with E-state index in [0.29, 0.717) is 11.3 Å². The van der Waals surface area contributed by atoms with Gasteiger partial charge in [0.05, 0.1) is 17.1 Å². The van der Waals surface area contributed by atoms with Crippen LogP contribution >= 0.6 is 0 Å². The second-order valence-corrected chi connectivity index (χ2v) is 7.90. The molecular weight excluding hydrogens is 373 g/mol. The summed E-state index contributed by atoms with van der Waals surface area (Å²) < 4.78 is 21.2. The monoisotopic (exact) mass is 397 g/mol. The number of benzene rings is 2. The van der Waals surface area contributed by atoms with Gasteiger partial charge in [0.25, 0.3) is 5.56 Å². The Kier molecular flexibility index (Phi) is 5.42. The number of carbonyl (C=O) groups is 1. The third kappa shape index (κ3) is 4.29. The van der Waals surface area contributed by atoms with E-state index in [1.54, 1.807) is 65.0 Å². The molecule has 0 saturated heterocycles. The fourth-order valence-corrected chi connectivity index (χ4v) is 3.09. The number of hydrogen-bond donors (Lipinski definition) is 1. The van der Waals surface area contributed by atoms with Crippen LogP contribution in [0.1, 0.15) is 45.1 Å². The molecule has 0 aliphatic carbocycles. The van der Waals surface area contributed by atoms with Crippen molar-refractivity contribution >= 4 is 17.0 Å². The summed E-state index contributed by atoms with van der Waals surface area (Å²) in [6.45, 7) is 8.67. The van der Waals surface area contributed by atoms with E-state index < -0.39 is 29.1 Å². The van der Waals surface area contributed by atoms with Crippen molar-refractivity contribution in [3.8, 4) is 5.69 Å². The summed E-state index contributed by atoms with van der Waals surface area (Å²) in [5.74, 6) is -0.377. The molecule has 1 unspecified atom stereocenters. The summed E-state index contributed by atoms with van der Waals surface area (Å²) in [5, 5.41) is 2.89. The molecule has 0 aliphatic rings. The highest BCUT2D eigenvalue weighted by atomic mass is 19.1. The molecule has 0 aliphatic heterocycles. The Morgan fingerprint density at radius 3 is 2.45 bits per heavy atom. The average Bonchev–Trinajstić information content (AvgIpc) is 2.63. The van der Waals surface area contributed by atoms with E-state index >= 15 is 0 Å². The van der Waals surface area contributed by atoms with E-state index in [1.807, 2.05) is 6.07 Å². The predicted octanol–water partition coefficient (Wildman–Crippen LogP) is 4.42. The van der Waals surface area contributed by atoms with Gasteiger partial charge < -0.3 is 10.1 Å². The Bertz CT molecular complexity index is 1120. The molecule has 1 N–H and O–H groups in total. The normalized spacial score (nSPS) is 12.6. The van der Waals surface area contributed by atoms with Crippen molar-refractivity contribution in [3.63, 3.8) is 0 Å². The molecule has 1 atom stereocenters. The van der Waals surface area contributed by atoms with E-state index in [1.165, 1.54) is 10.6 Å². The van der Waals surface area contributed by atoms with E-state index in [0.717, 1.165) is 0 Å². The van der Waals surface area contributed by atoms with Crippen LogP contribution in [-0.4, -0.2) is 21.2 Å². The highest BCUT2D eigenvalue weighted by molar-refractivity contribution is 5.82. The third-order valence-electron chi connectivity index (χ3n) is 4.34. The highest BCUT2D eigenvalue weighted by Crippen LogP contribution is 2.22. The molecule has 1 amide bonds. The smallest absolute Gasteiger partial charge is 0.408 e. The maximum atomic E-state index is 14.5. The minimum Gasteiger partial charge on any atom is -0.444 e. The molecular formula is C22H24FN3O3. The summed E-state index contributed by atoms with van der Waals surface area (Å²) in [6, 6.07) is 11.1. The Labute approximate surface area is 168 Å². The number of carbonyl (C=O) groups excluding carboxylic acids is 1. The number of alkyl carbamates (subject to hydrolysis) is 1. The lowest BCUT2D eigenvalue weighted by molar-refractivity contribution is 0.0505. The fourth-order valence-electron chi connectivity index (χ4n) is 3.09. The van der Waals surface area contributed by atoms with Gasteiger partial charge in [-0.05, 0) is 58.4 Å². The van der Waals surface area contributed by atoms with Crippen LogP contribution in [0.15, 0.2) is 47.3 Å². The van der Waals surface area contributed by atoms with Gasteiger partial charge in [-0.2, -0.15) is 0 Å². The SMILES string of the molecule is Cc1ccc(F)c2nc(C(C)NC(=O)OC(C)(C)C)n(-c3ccccc3)c(=O)c12. The Hall–Kier alpha value is -3.22. The van der Waals surface area contributed by atoms with Gasteiger partial charge in [0.1, 0.15) is 22.8 Å². The number of nitrogens with zero attached hydrogens (tertiary/aromatic N) is 2. The molecule has 0 radical (unpaired) electrons. The van der Waals surface area contributed by atoms with Crippen molar-refractivity contribution in [2.45, 2.75) is 46.3 Å². The number of ether oxygens (including phenoxy) is 1. The summed E-state index contributed by atoms with van der Waals surface area (Å²) in [5.41, 5.74) is 0.107. The van der Waals surface area contributed by atoms with Crippen LogP contribution in [0.5, 0.6) is 0 Å². The summed E-state index contributed by atoms with van der Waals surface area (Å²) in [4.78, 5) is 30.0. The molecule has 6 nitrogen and oxygen atoms in total. The average molecular weight is 397 g/mol. The number of aromatic nitrogens is 2. The molecule has 3 aromatic rings. The van der Waals surface area contributed by atoms with Gasteiger partial charge in [-0.3, -0.25) is 9.36 Å². The number of amides is 1. The maximum absolute atomic E-state index is 14.5. The first kappa shape index (κ1) is 20.5. The molecule has 1 aromatic heterocycles. The van der Waals surface area contributed by atoms with Gasteiger partial charge in [0, 0.05) is 0 Å². The molecule has 0 bridgehead atoms. The molecule has 0 spiro atoms. The van der Waals surface area contributed by atoms with E-state index in [4.69, 9.17) is 4.74 Å². The molecule has 3 rings (SSSR count). The van der Waals surface area contributed by atoms with Gasteiger partial charge in [-0.1, -0.05) is 24.3 Å². The van der Waals surface area contributed by atoms with Crippen molar-refractivity contribution in [2.75, 3.05) is 0 Å². The lowest BCUT2D eigenvalue weighted by Gasteiger charge is -2.23. The molecule has 29 heavy (non-hydrogen) atoms. The van der Waals surface area contributed by atoms with Crippen LogP contribution in [0.3, 0.4) is 0 Å². The van der Waals surface area contributed by atoms with E-state index in [-0.39, 0.29) is 16.7 Å². The van der Waals surface area contributed by atoms with Crippen LogP contribution in [0.2, 0.25) is 0 Å². The minimum absolute atomic E-state index is 0.0185. The third-order valence-corrected chi connectivity index (χ3v) is 4.34. The zero-order chi connectivity index (χ0) is 21.3. The van der Waals surface area contributed by atoms with Crippen LogP contribution in [0, 0.1) is 12.7 Å². The first-order valence-corrected chi connectivity index (χ1v) is 9.35. The Morgan fingerprint density at radius 1 is 1.17 bits per heavy atom. The number of aryl methyl sites for hydroxylation is 1. The van der Waals surface area contributed by atoms with Crippen molar-refractivity contribution in [1.29, 1.82) is 0 Å². The van der Waals surface area contributed by atoms with Gasteiger partial charge in [-0.15, -0.1) is 0 Å². The van der Waals surface area contributed by atoms with Crippen molar-refractivity contribution in [1.82, 2.24) is 14.9 Å². The van der Waals surface area contributed by atoms with Crippen LogP contribution in [0.4, 0.5) is 9.18 Å². The quantitative estimate of drug-likeness (QED) is 0.710. The number of nitrogens with one attached hydrogen (secondary N) is 1. The van der Waals surface area contributed by atoms with Crippen LogP contribution in [0.25, 0.3) is 16.6 Å². The lowest BCUT2D eigenvalue weighted by Crippen LogP contribution is -2.37. The second kappa shape index (κ2) is 7.66. The molecule has 7 heteroatoms. The van der Waals surface area contributed by atoms with Gasteiger partial charge >= 0.3 is 6.09 Å². The largest absolute Gasteiger partial charge is 0.444 e. The van der Waals surface area contributed by atoms with Gasteiger partial charge in [0.15, 0.2) is 0 Å². The van der Waals surface area contributed by atoms with Crippen molar-refractivity contribution < 1.29 is 13.9 Å². The summed E-state index contributed by atoms with van der Waals surface area (Å²) in [7, 11) is 0. The van der Waals surface area contributed by atoms with Gasteiger partial charge in [0.2, 0.25) is 0 Å². The van der Waals surface area contributed by atoms with Crippen LogP contribution in [-0.2, 0) is 4.74 Å². The van der Waals surface area contributed by atoms with Crippen LogP contribution < -0.4 is 10.9 Å². The molecule has 0 fully saturated rings.